The van der Waals surface area contributed by atoms with Crippen molar-refractivity contribution in [2.75, 3.05) is 46.2 Å². The zero-order valence-corrected chi connectivity index (χ0v) is 52.8. The van der Waals surface area contributed by atoms with E-state index in [0.29, 0.717) is 6.04 Å². The Labute approximate surface area is 536 Å². The third kappa shape index (κ3) is 18.0. The fraction of sp³-hybridized carbons (Fsp3) is 0.906. The first-order valence-electron chi connectivity index (χ1n) is 30.0. The summed E-state index contributed by atoms with van der Waals surface area (Å²) in [5.41, 5.74) is 0. The number of amides is 3. The number of carboxylic acid groups (broad SMARTS) is 2. The van der Waals surface area contributed by atoms with E-state index >= 15 is 0 Å². The van der Waals surface area contributed by atoms with Gasteiger partial charge in [0.1, 0.15) is 134 Å². The predicted molar refractivity (Wildman–Crippen MR) is 300 cm³/mol. The molecule has 544 valence electrons. The van der Waals surface area contributed by atoms with Crippen molar-refractivity contribution >= 4 is 37.7 Å². The number of carboxylic acids is 2. The number of aliphatic hydroxyl groups is 18. The molecular formula is C53H91N3O37Si. The van der Waals surface area contributed by atoms with E-state index < -0.39 is 285 Å². The lowest BCUT2D eigenvalue weighted by Crippen LogP contribution is -2.72. The first-order chi connectivity index (χ1) is 44.0. The summed E-state index contributed by atoms with van der Waals surface area (Å²) in [6.45, 7) is 1.74. The molecule has 0 aliphatic carbocycles. The van der Waals surface area contributed by atoms with Crippen LogP contribution in [-0.2, 0) is 80.8 Å². The number of rotatable bonds is 29. The molecule has 3 amide bonds. The van der Waals surface area contributed by atoms with Gasteiger partial charge in [0.05, 0.1) is 63.9 Å². The first-order valence-corrected chi connectivity index (χ1v) is 33.7. The molecule has 0 unspecified atom stereocenters. The van der Waals surface area contributed by atoms with Gasteiger partial charge in [-0.25, -0.2) is 9.59 Å². The van der Waals surface area contributed by atoms with Gasteiger partial charge in [-0.15, -0.1) is 0 Å². The van der Waals surface area contributed by atoms with E-state index in [1.807, 2.05) is 19.6 Å². The Kier molecular flexibility index (Phi) is 28.3. The Hall–Kier alpha value is -3.63. The lowest BCUT2D eigenvalue weighted by atomic mass is 9.88. The topological polar surface area (TPSA) is 637 Å². The van der Waals surface area contributed by atoms with Gasteiger partial charge in [0.25, 0.3) is 11.6 Å². The third-order valence-corrected chi connectivity index (χ3v) is 18.4. The highest BCUT2D eigenvalue weighted by Gasteiger charge is 2.64. The second kappa shape index (κ2) is 33.5. The van der Waals surface area contributed by atoms with E-state index in [4.69, 9.17) is 56.8 Å². The molecule has 6 aliphatic rings. The molecule has 6 rings (SSSR count). The summed E-state index contributed by atoms with van der Waals surface area (Å²) in [4.78, 5) is 64.9. The van der Waals surface area contributed by atoms with Gasteiger partial charge >= 0.3 is 11.9 Å². The van der Waals surface area contributed by atoms with E-state index in [1.54, 1.807) is 0 Å². The maximum Gasteiger partial charge on any atom is 0.364 e. The van der Waals surface area contributed by atoms with E-state index in [9.17, 15) is 126 Å². The summed E-state index contributed by atoms with van der Waals surface area (Å²) in [5.74, 6) is -13.9. The van der Waals surface area contributed by atoms with Crippen LogP contribution >= 0.6 is 0 Å². The molecule has 0 saturated carbocycles. The summed E-state index contributed by atoms with van der Waals surface area (Å²) >= 11 is 0. The van der Waals surface area contributed by atoms with Gasteiger partial charge < -0.3 is 175 Å². The molecule has 32 atom stereocenters. The maximum absolute atomic E-state index is 13.8. The van der Waals surface area contributed by atoms with Crippen LogP contribution in [0.5, 0.6) is 0 Å². The van der Waals surface area contributed by atoms with Crippen molar-refractivity contribution < 1.29 is 183 Å². The summed E-state index contributed by atoms with van der Waals surface area (Å²) in [6, 6.07) is -5.08. The Morgan fingerprint density at radius 1 is 0.468 bits per heavy atom. The van der Waals surface area contributed by atoms with Crippen LogP contribution < -0.4 is 16.0 Å². The molecule has 6 aliphatic heterocycles. The molecular weight excluding hydrogens is 1300 g/mol. The average molecular weight is 1390 g/mol. The van der Waals surface area contributed by atoms with Crippen molar-refractivity contribution in [1.82, 2.24) is 16.0 Å². The van der Waals surface area contributed by atoms with Gasteiger partial charge in [-0.2, -0.15) is 0 Å². The lowest BCUT2D eigenvalue weighted by Gasteiger charge is -2.53. The van der Waals surface area contributed by atoms with Crippen molar-refractivity contribution in [3.05, 3.63) is 0 Å². The normalized spacial score (nSPS) is 42.7. The molecule has 6 fully saturated rings. The Bertz CT molecular complexity index is 2480. The van der Waals surface area contributed by atoms with Crippen molar-refractivity contribution in [3.63, 3.8) is 0 Å². The highest BCUT2D eigenvalue weighted by Crippen LogP contribution is 2.43. The zero-order chi connectivity index (χ0) is 70.4. The minimum absolute atomic E-state index is 0.0378. The minimum Gasteiger partial charge on any atom is -0.477 e. The summed E-state index contributed by atoms with van der Waals surface area (Å²) in [6.07, 6.45) is -61.7. The lowest BCUT2D eigenvalue weighted by molar-refractivity contribution is -0.405. The van der Waals surface area contributed by atoms with Crippen LogP contribution in [0, 0.1) is 0 Å². The van der Waals surface area contributed by atoms with E-state index in [1.165, 1.54) is 0 Å². The second-order valence-electron chi connectivity index (χ2n) is 25.0. The van der Waals surface area contributed by atoms with Crippen LogP contribution in [0.2, 0.25) is 25.7 Å². The van der Waals surface area contributed by atoms with Gasteiger partial charge in [-0.05, 0) is 6.04 Å². The van der Waals surface area contributed by atoms with E-state index in [2.05, 4.69) is 16.0 Å². The molecule has 40 nitrogen and oxygen atoms in total. The van der Waals surface area contributed by atoms with E-state index in [0.717, 1.165) is 20.8 Å². The summed E-state index contributed by atoms with van der Waals surface area (Å²) < 4.78 is 70.9. The Morgan fingerprint density at radius 3 is 1.27 bits per heavy atom. The fourth-order valence-corrected chi connectivity index (χ4v) is 12.5. The first kappa shape index (κ1) is 79.4. The SMILES string of the molecule is CC(=O)N[C@H]1[C@H](O[C@@H]2[C@H](O[C@]3(C(=O)O)C[C@H](O)[C@@H](NC(C)=O)[C@H]([C@H](O)[C@H](O)CO)O3)[C@@H](O)[C@H](O[C@H]3[C@H](O)[C@@H](O)[C@H](OCC[Si](C)(C)C)O[C@@H]3CO)O[C@@H]2CO)O[C@H](CO)[C@H](O)[C@@H]1O[C@@H]1O[C@H](CO)[C@H](O)[C@H](O[C@]2(C(=O)O)C[C@H](O)[C@@H](NC(C)=O)[C@H]([C@H](O)[C@H](O)CO)O2)[C@H]1O. The molecule has 0 radical (unpaired) electrons. The minimum atomic E-state index is -3.43. The van der Waals surface area contributed by atoms with Crippen LogP contribution in [0.15, 0.2) is 0 Å². The number of aliphatic hydroxyl groups excluding tert-OH is 18. The number of aliphatic carboxylic acids is 2. The van der Waals surface area contributed by atoms with Gasteiger partial charge in [0.15, 0.2) is 25.2 Å². The van der Waals surface area contributed by atoms with Crippen molar-refractivity contribution in [2.24, 2.45) is 0 Å². The van der Waals surface area contributed by atoms with Gasteiger partial charge in [0, 0.05) is 48.3 Å². The molecule has 0 aromatic rings. The van der Waals surface area contributed by atoms with Crippen LogP contribution in [0.1, 0.15) is 33.6 Å². The molecule has 0 spiro atoms. The third-order valence-electron chi connectivity index (χ3n) is 16.7. The average Bonchev–Trinajstić information content (AvgIpc) is 0.756. The quantitative estimate of drug-likeness (QED) is 0.0309. The van der Waals surface area contributed by atoms with E-state index in [-0.39, 0.29) is 6.61 Å². The summed E-state index contributed by atoms with van der Waals surface area (Å²) in [5, 5.41) is 228. The molecule has 6 heterocycles. The molecule has 0 aromatic heterocycles. The Morgan fingerprint density at radius 2 is 0.840 bits per heavy atom. The monoisotopic (exact) mass is 1390 g/mol. The largest absolute Gasteiger partial charge is 0.477 e. The number of carbonyl (C=O) groups is 5. The van der Waals surface area contributed by atoms with Gasteiger partial charge in [-0.1, -0.05) is 19.6 Å². The number of nitrogens with one attached hydrogen (secondary N) is 3. The highest BCUT2D eigenvalue weighted by molar-refractivity contribution is 6.76. The highest BCUT2D eigenvalue weighted by atomic mass is 28.3. The summed E-state index contributed by atoms with van der Waals surface area (Å²) in [7, 11) is -1.75. The predicted octanol–water partition coefficient (Wildman–Crippen LogP) is -12.9. The standard InChI is InChI=1S/C53H91N3O37Si/c1-17(63)54-28-20(66)9-52(50(78)79,90-42(28)31(70)22(68)11-57)92-44-34(73)25(14-60)84-48(37(44)76)89-41-30(56-19(3)65)46(83-24(13-59)33(41)72)88-40-27(16-62)86-49(87-39-26(15-61)85-47(36(75)35(39)74)82-7-8-94(4,5)6)38(77)45(40)93-53(51(80)81)10-21(67)29(55-18(2)64)43(91-53)32(71)23(69)12-58/h20-49,57-62,66-77H,7-16H2,1-6H3,(H,54,63)(H,55,64)(H,56,65)(H,78,79)(H,80,81)/t20-,21-,22+,23+,24+,25+,26+,27+,28+,29+,30+,31+,32+,33-,34-,35+,36+,37+,38+,39+,40-,41+,42+,43+,44-,45+,46-,47+,48-,49-,52-,53-/m0/s1. The number of ether oxygens (including phenoxy) is 12. The molecule has 41 heteroatoms. The molecule has 94 heavy (non-hydrogen) atoms. The van der Waals surface area contributed by atoms with Crippen LogP contribution in [0.4, 0.5) is 0 Å². The van der Waals surface area contributed by atoms with Crippen molar-refractivity contribution in [3.8, 4) is 0 Å². The Balaban J connectivity index is 1.42. The molecule has 0 aromatic carbocycles. The smallest absolute Gasteiger partial charge is 0.364 e. The van der Waals surface area contributed by atoms with Crippen LogP contribution in [0.3, 0.4) is 0 Å². The number of hydrogen-bond acceptors (Lipinski definition) is 35. The second-order valence-corrected chi connectivity index (χ2v) is 30.6. The fourth-order valence-electron chi connectivity index (χ4n) is 11.7. The molecule has 6 saturated heterocycles. The van der Waals surface area contributed by atoms with Crippen molar-refractivity contribution in [2.45, 2.75) is 255 Å². The maximum atomic E-state index is 13.8. The zero-order valence-electron chi connectivity index (χ0n) is 51.8. The van der Waals surface area contributed by atoms with Crippen LogP contribution in [0.25, 0.3) is 0 Å². The van der Waals surface area contributed by atoms with Crippen molar-refractivity contribution in [1.29, 1.82) is 0 Å². The number of carbonyl (C=O) groups excluding carboxylic acids is 3. The van der Waals surface area contributed by atoms with Gasteiger partial charge in [-0.3, -0.25) is 14.4 Å². The molecule has 23 N–H and O–H groups in total. The number of hydrogen-bond donors (Lipinski definition) is 23. The van der Waals surface area contributed by atoms with Crippen LogP contribution in [-0.4, -0.2) is 381 Å². The van der Waals surface area contributed by atoms with Gasteiger partial charge in [0.2, 0.25) is 17.7 Å². The molecule has 0 bridgehead atoms.